The Morgan fingerprint density at radius 1 is 0.719 bits per heavy atom. The fourth-order valence-corrected chi connectivity index (χ4v) is 3.60. The second-order valence-corrected chi connectivity index (χ2v) is 7.08. The Labute approximate surface area is 186 Å². The number of fused-ring (bicyclic) bond motifs is 2. The Morgan fingerprint density at radius 3 is 1.50 bits per heavy atom. The van der Waals surface area contributed by atoms with Crippen molar-refractivity contribution in [2.24, 2.45) is 0 Å². The highest BCUT2D eigenvalue weighted by Gasteiger charge is 2.33. The monoisotopic (exact) mass is 438 g/mol. The third kappa shape index (κ3) is 4.96. The number of carbonyl (C=O) groups excluding carboxylic acids is 4. The molecule has 0 aromatic heterocycles. The lowest BCUT2D eigenvalue weighted by Crippen LogP contribution is -2.25. The van der Waals surface area contributed by atoms with Crippen molar-refractivity contribution >= 4 is 34.9 Å². The molecule has 0 spiro atoms. The largest absolute Gasteiger partial charge is 0.466 e. The zero-order chi connectivity index (χ0) is 23.1. The van der Waals surface area contributed by atoms with Gasteiger partial charge in [0, 0.05) is 35.6 Å². The fourth-order valence-electron chi connectivity index (χ4n) is 3.60. The first-order valence-electron chi connectivity index (χ1n) is 10.6. The standard InChI is InChI=1S/C24H26N2O6/c1-3-31-19(27)11-13-25-17-9-5-7-15-21(17)23(29)16-8-6-10-18(22(16)24(15)30)26-14-12-20(28)32-4-2/h5-10,25-26H,3-4,11-14H2,1-2H3. The van der Waals surface area contributed by atoms with Crippen LogP contribution in [0.2, 0.25) is 0 Å². The summed E-state index contributed by atoms with van der Waals surface area (Å²) in [6.07, 6.45) is 0.287. The smallest absolute Gasteiger partial charge is 0.307 e. The molecular weight excluding hydrogens is 412 g/mol. The number of esters is 2. The minimum Gasteiger partial charge on any atom is -0.466 e. The number of hydrogen-bond acceptors (Lipinski definition) is 8. The van der Waals surface area contributed by atoms with Gasteiger partial charge in [0.2, 0.25) is 0 Å². The van der Waals surface area contributed by atoms with Crippen LogP contribution in [0, 0.1) is 0 Å². The SMILES string of the molecule is CCOC(=O)CCNc1cccc2c1C(=O)c1cccc(NCCC(=O)OCC)c1C2=O. The zero-order valence-electron chi connectivity index (χ0n) is 18.2. The molecule has 2 aromatic rings. The molecule has 0 bridgehead atoms. The first-order valence-corrected chi connectivity index (χ1v) is 10.6. The highest BCUT2D eigenvalue weighted by molar-refractivity contribution is 6.31. The normalized spacial score (nSPS) is 11.9. The van der Waals surface area contributed by atoms with Gasteiger partial charge in [0.25, 0.3) is 0 Å². The van der Waals surface area contributed by atoms with E-state index >= 15 is 0 Å². The molecule has 8 heteroatoms. The summed E-state index contributed by atoms with van der Waals surface area (Å²) in [6, 6.07) is 10.0. The van der Waals surface area contributed by atoms with Gasteiger partial charge >= 0.3 is 11.9 Å². The second-order valence-electron chi connectivity index (χ2n) is 7.08. The molecule has 1 aliphatic rings. The summed E-state index contributed by atoms with van der Waals surface area (Å²) in [4.78, 5) is 49.8. The molecule has 8 nitrogen and oxygen atoms in total. The van der Waals surface area contributed by atoms with Crippen LogP contribution in [0.4, 0.5) is 11.4 Å². The van der Waals surface area contributed by atoms with Gasteiger partial charge in [-0.2, -0.15) is 0 Å². The lowest BCUT2D eigenvalue weighted by molar-refractivity contribution is -0.143. The van der Waals surface area contributed by atoms with E-state index in [1.54, 1.807) is 50.2 Å². The van der Waals surface area contributed by atoms with Gasteiger partial charge in [0.15, 0.2) is 11.6 Å². The average Bonchev–Trinajstić information content (AvgIpc) is 2.77. The molecule has 168 valence electrons. The molecular formula is C24H26N2O6. The van der Waals surface area contributed by atoms with Gasteiger partial charge in [-0.15, -0.1) is 0 Å². The van der Waals surface area contributed by atoms with Crippen LogP contribution < -0.4 is 10.6 Å². The first kappa shape index (κ1) is 23.0. The van der Waals surface area contributed by atoms with Gasteiger partial charge in [-0.1, -0.05) is 24.3 Å². The van der Waals surface area contributed by atoms with E-state index in [1.807, 2.05) is 0 Å². The highest BCUT2D eigenvalue weighted by atomic mass is 16.5. The molecule has 0 atom stereocenters. The minimum absolute atomic E-state index is 0.144. The highest BCUT2D eigenvalue weighted by Crippen LogP contribution is 2.35. The van der Waals surface area contributed by atoms with E-state index in [-0.39, 0.29) is 60.6 Å². The third-order valence-electron chi connectivity index (χ3n) is 4.97. The van der Waals surface area contributed by atoms with Gasteiger partial charge in [-0.3, -0.25) is 19.2 Å². The molecule has 1 aliphatic carbocycles. The van der Waals surface area contributed by atoms with E-state index in [1.165, 1.54) is 0 Å². The zero-order valence-corrected chi connectivity index (χ0v) is 18.2. The summed E-state index contributed by atoms with van der Waals surface area (Å²) in [5.74, 6) is -1.22. The first-order chi connectivity index (χ1) is 15.5. The van der Waals surface area contributed by atoms with E-state index < -0.39 is 0 Å². The lowest BCUT2D eigenvalue weighted by atomic mass is 9.82. The summed E-state index contributed by atoms with van der Waals surface area (Å²) in [5, 5.41) is 6.15. The van der Waals surface area contributed by atoms with Crippen molar-refractivity contribution in [1.29, 1.82) is 0 Å². The predicted octanol–water partition coefficient (Wildman–Crippen LogP) is 3.19. The Bertz CT molecular complexity index is 963. The van der Waals surface area contributed by atoms with Crippen LogP contribution >= 0.6 is 0 Å². The molecule has 0 fully saturated rings. The number of nitrogens with one attached hydrogen (secondary N) is 2. The van der Waals surface area contributed by atoms with Crippen LogP contribution in [0.3, 0.4) is 0 Å². The maximum atomic E-state index is 13.3. The number of anilines is 2. The molecule has 0 saturated heterocycles. The Balaban J connectivity index is 1.82. The van der Waals surface area contributed by atoms with Crippen LogP contribution in [0.25, 0.3) is 0 Å². The van der Waals surface area contributed by atoms with Gasteiger partial charge < -0.3 is 20.1 Å². The van der Waals surface area contributed by atoms with Gasteiger partial charge in [0.1, 0.15) is 0 Å². The summed E-state index contributed by atoms with van der Waals surface area (Å²) in [7, 11) is 0. The molecule has 0 saturated carbocycles. The van der Waals surface area contributed by atoms with Crippen molar-refractivity contribution in [3.05, 3.63) is 58.7 Å². The number of rotatable bonds is 10. The number of benzene rings is 2. The summed E-state index contributed by atoms with van der Waals surface area (Å²) >= 11 is 0. The number of hydrogen-bond donors (Lipinski definition) is 2. The van der Waals surface area contributed by atoms with Crippen LogP contribution in [0.1, 0.15) is 58.5 Å². The van der Waals surface area contributed by atoms with Crippen molar-refractivity contribution < 1.29 is 28.7 Å². The Morgan fingerprint density at radius 2 is 1.12 bits per heavy atom. The lowest BCUT2D eigenvalue weighted by Gasteiger charge is -2.23. The summed E-state index contributed by atoms with van der Waals surface area (Å²) in [5.41, 5.74) is 2.16. The Hall–Kier alpha value is -3.68. The van der Waals surface area contributed by atoms with Crippen LogP contribution in [-0.2, 0) is 19.1 Å². The van der Waals surface area contributed by atoms with E-state index in [9.17, 15) is 19.2 Å². The molecule has 0 unspecified atom stereocenters. The molecule has 3 rings (SSSR count). The van der Waals surface area contributed by atoms with Crippen LogP contribution in [0.5, 0.6) is 0 Å². The Kier molecular flexibility index (Phi) is 7.59. The number of ketones is 2. The predicted molar refractivity (Wildman–Crippen MR) is 119 cm³/mol. The minimum atomic E-state index is -0.337. The van der Waals surface area contributed by atoms with Gasteiger partial charge in [-0.05, 0) is 26.0 Å². The number of ether oxygens (including phenoxy) is 2. The summed E-state index contributed by atoms with van der Waals surface area (Å²) < 4.78 is 9.83. The van der Waals surface area contributed by atoms with E-state index in [0.29, 0.717) is 35.7 Å². The molecule has 0 heterocycles. The van der Waals surface area contributed by atoms with Gasteiger partial charge in [-0.25, -0.2) is 0 Å². The van der Waals surface area contributed by atoms with Crippen LogP contribution in [0.15, 0.2) is 36.4 Å². The molecule has 32 heavy (non-hydrogen) atoms. The second kappa shape index (κ2) is 10.6. The third-order valence-corrected chi connectivity index (χ3v) is 4.97. The maximum absolute atomic E-state index is 13.3. The summed E-state index contributed by atoms with van der Waals surface area (Å²) in [6.45, 7) is 4.64. The molecule has 2 N–H and O–H groups in total. The van der Waals surface area contributed by atoms with E-state index in [2.05, 4.69) is 10.6 Å². The van der Waals surface area contributed by atoms with E-state index in [4.69, 9.17) is 9.47 Å². The van der Waals surface area contributed by atoms with Crippen molar-refractivity contribution in [3.8, 4) is 0 Å². The fraction of sp³-hybridized carbons (Fsp3) is 0.333. The number of carbonyl (C=O) groups is 4. The molecule has 0 aliphatic heterocycles. The molecule has 0 amide bonds. The van der Waals surface area contributed by atoms with Crippen molar-refractivity contribution in [2.45, 2.75) is 26.7 Å². The van der Waals surface area contributed by atoms with Crippen molar-refractivity contribution in [3.63, 3.8) is 0 Å². The van der Waals surface area contributed by atoms with Crippen LogP contribution in [-0.4, -0.2) is 49.8 Å². The molecule has 0 radical (unpaired) electrons. The topological polar surface area (TPSA) is 111 Å². The average molecular weight is 438 g/mol. The van der Waals surface area contributed by atoms with E-state index in [0.717, 1.165) is 0 Å². The van der Waals surface area contributed by atoms with Crippen molar-refractivity contribution in [1.82, 2.24) is 0 Å². The van der Waals surface area contributed by atoms with Crippen molar-refractivity contribution in [2.75, 3.05) is 36.9 Å². The quantitative estimate of drug-likeness (QED) is 0.464. The molecule has 2 aromatic carbocycles. The maximum Gasteiger partial charge on any atom is 0.307 e. The van der Waals surface area contributed by atoms with Gasteiger partial charge in [0.05, 0.1) is 37.2 Å².